The Bertz CT molecular complexity index is 906. The van der Waals surface area contributed by atoms with Crippen molar-refractivity contribution < 1.29 is 18.0 Å². The van der Waals surface area contributed by atoms with Gasteiger partial charge in [0.15, 0.2) is 0 Å². The number of nitrogens with zero attached hydrogens (tertiary/aromatic N) is 2. The Kier molecular flexibility index (Phi) is 6.30. The highest BCUT2D eigenvalue weighted by molar-refractivity contribution is 9.10. The molecule has 144 valence electrons. The van der Waals surface area contributed by atoms with Crippen LogP contribution in [0.4, 0.5) is 0 Å². The van der Waals surface area contributed by atoms with E-state index in [0.29, 0.717) is 18.0 Å². The minimum absolute atomic E-state index is 0.101. The lowest BCUT2D eigenvalue weighted by Gasteiger charge is -2.34. The topological polar surface area (TPSA) is 86.8 Å². The number of rotatable bonds is 5. The molecule has 27 heavy (non-hydrogen) atoms. The molecule has 7 nitrogen and oxygen atoms in total. The third-order valence-electron chi connectivity index (χ3n) is 4.19. The number of sulfonamides is 1. The second-order valence-corrected chi connectivity index (χ2v) is 9.70. The lowest BCUT2D eigenvalue weighted by Crippen LogP contribution is -2.52. The zero-order valence-corrected chi connectivity index (χ0v) is 17.5. The van der Waals surface area contributed by atoms with Crippen molar-refractivity contribution in [3.63, 3.8) is 0 Å². The van der Waals surface area contributed by atoms with Gasteiger partial charge in [0, 0.05) is 30.7 Å². The zero-order valence-electron chi connectivity index (χ0n) is 14.3. The number of halogens is 1. The Hall–Kier alpha value is -1.75. The molecule has 0 radical (unpaired) electrons. The van der Waals surface area contributed by atoms with Crippen LogP contribution in [-0.2, 0) is 14.8 Å². The molecule has 0 saturated carbocycles. The summed E-state index contributed by atoms with van der Waals surface area (Å²) >= 11 is 4.59. The largest absolute Gasteiger partial charge is 0.342 e. The Morgan fingerprint density at radius 2 is 1.74 bits per heavy atom. The molecule has 3 rings (SSSR count). The number of hydrogen-bond donors (Lipinski definition) is 1. The fourth-order valence-electron chi connectivity index (χ4n) is 2.70. The fraction of sp³-hybridized carbons (Fsp3) is 0.294. The molecule has 1 aliphatic rings. The number of nitrogens with one attached hydrogen (secondary N) is 1. The highest BCUT2D eigenvalue weighted by Crippen LogP contribution is 2.20. The molecule has 0 spiro atoms. The van der Waals surface area contributed by atoms with E-state index in [-0.39, 0.29) is 36.3 Å². The van der Waals surface area contributed by atoms with Crippen LogP contribution < -0.4 is 5.32 Å². The summed E-state index contributed by atoms with van der Waals surface area (Å²) < 4.78 is 27.5. The van der Waals surface area contributed by atoms with Crippen LogP contribution in [0.25, 0.3) is 0 Å². The molecule has 0 atom stereocenters. The van der Waals surface area contributed by atoms with E-state index in [1.807, 2.05) is 0 Å². The molecule has 1 aromatic carbocycles. The van der Waals surface area contributed by atoms with Gasteiger partial charge in [0.25, 0.3) is 5.91 Å². The molecule has 1 fully saturated rings. The zero-order chi connectivity index (χ0) is 19.4. The van der Waals surface area contributed by atoms with Crippen molar-refractivity contribution in [1.29, 1.82) is 0 Å². The summed E-state index contributed by atoms with van der Waals surface area (Å²) in [5.74, 6) is -0.504. The maximum Gasteiger partial charge on any atom is 0.261 e. The van der Waals surface area contributed by atoms with Crippen molar-refractivity contribution in [2.75, 3.05) is 32.7 Å². The van der Waals surface area contributed by atoms with Gasteiger partial charge in [0.2, 0.25) is 15.9 Å². The second-order valence-electron chi connectivity index (χ2n) is 5.90. The quantitative estimate of drug-likeness (QED) is 0.719. The predicted octanol–water partition coefficient (Wildman–Crippen LogP) is 1.77. The molecule has 2 aromatic rings. The fourth-order valence-corrected chi connectivity index (χ4v) is 5.02. The number of carbonyl (C=O) groups excluding carboxylic acids is 2. The standard InChI is InChI=1S/C17H18BrN3O4S2/c18-13-3-5-14(6-4-13)27(24,25)21-9-7-20(8-10-21)16(22)12-19-17(23)15-2-1-11-26-15/h1-6,11H,7-10,12H2,(H,19,23). The minimum Gasteiger partial charge on any atom is -0.342 e. The Labute approximate surface area is 170 Å². The maximum absolute atomic E-state index is 12.7. The molecule has 10 heteroatoms. The number of piperazine rings is 1. The number of carbonyl (C=O) groups is 2. The van der Waals surface area contributed by atoms with Crippen molar-refractivity contribution in [3.05, 3.63) is 51.1 Å². The molecular weight excluding hydrogens is 454 g/mol. The lowest BCUT2D eigenvalue weighted by molar-refractivity contribution is -0.131. The predicted molar refractivity (Wildman–Crippen MR) is 106 cm³/mol. The maximum atomic E-state index is 12.7. The molecule has 0 bridgehead atoms. The Morgan fingerprint density at radius 1 is 1.07 bits per heavy atom. The van der Waals surface area contributed by atoms with E-state index in [4.69, 9.17) is 0 Å². The van der Waals surface area contributed by atoms with Gasteiger partial charge in [-0.2, -0.15) is 4.31 Å². The van der Waals surface area contributed by atoms with Crippen LogP contribution in [-0.4, -0.2) is 62.2 Å². The highest BCUT2D eigenvalue weighted by atomic mass is 79.9. The van der Waals surface area contributed by atoms with Crippen molar-refractivity contribution in [2.24, 2.45) is 0 Å². The molecule has 0 unspecified atom stereocenters. The molecule has 1 saturated heterocycles. The number of amides is 2. The third-order valence-corrected chi connectivity index (χ3v) is 7.50. The van der Waals surface area contributed by atoms with E-state index >= 15 is 0 Å². The van der Waals surface area contributed by atoms with Gasteiger partial charge in [-0.25, -0.2) is 8.42 Å². The van der Waals surface area contributed by atoms with Crippen LogP contribution in [0, 0.1) is 0 Å². The molecule has 1 aromatic heterocycles. The summed E-state index contributed by atoms with van der Waals surface area (Å²) in [6.45, 7) is 0.940. The van der Waals surface area contributed by atoms with E-state index in [9.17, 15) is 18.0 Å². The average Bonchev–Trinajstić information content (AvgIpc) is 3.21. The van der Waals surface area contributed by atoms with Gasteiger partial charge in [-0.05, 0) is 35.7 Å². The van der Waals surface area contributed by atoms with Gasteiger partial charge in [0.05, 0.1) is 16.3 Å². The second kappa shape index (κ2) is 8.51. The summed E-state index contributed by atoms with van der Waals surface area (Å²) in [5, 5.41) is 4.39. The van der Waals surface area contributed by atoms with Gasteiger partial charge in [-0.1, -0.05) is 22.0 Å². The van der Waals surface area contributed by atoms with Gasteiger partial charge < -0.3 is 10.2 Å². The molecule has 2 heterocycles. The summed E-state index contributed by atoms with van der Waals surface area (Å²) in [7, 11) is -3.58. The molecule has 1 aliphatic heterocycles. The van der Waals surface area contributed by atoms with Crippen molar-refractivity contribution in [1.82, 2.24) is 14.5 Å². The van der Waals surface area contributed by atoms with Crippen LogP contribution in [0.1, 0.15) is 9.67 Å². The molecule has 2 amide bonds. The number of thiophene rings is 1. The number of hydrogen-bond acceptors (Lipinski definition) is 5. The first-order valence-electron chi connectivity index (χ1n) is 8.23. The van der Waals surface area contributed by atoms with Crippen molar-refractivity contribution in [2.45, 2.75) is 4.90 Å². The summed E-state index contributed by atoms with van der Waals surface area (Å²) in [4.78, 5) is 26.5. The van der Waals surface area contributed by atoms with Gasteiger partial charge in [-0.3, -0.25) is 9.59 Å². The number of benzene rings is 1. The summed E-state index contributed by atoms with van der Waals surface area (Å²) in [5.41, 5.74) is 0. The van der Waals surface area contributed by atoms with Gasteiger partial charge >= 0.3 is 0 Å². The minimum atomic E-state index is -3.58. The van der Waals surface area contributed by atoms with E-state index in [0.717, 1.165) is 4.47 Å². The Morgan fingerprint density at radius 3 is 2.33 bits per heavy atom. The van der Waals surface area contributed by atoms with Crippen molar-refractivity contribution >= 4 is 49.1 Å². The van der Waals surface area contributed by atoms with Crippen LogP contribution in [0.5, 0.6) is 0 Å². The smallest absolute Gasteiger partial charge is 0.261 e. The van der Waals surface area contributed by atoms with E-state index in [1.54, 1.807) is 46.7 Å². The first kappa shape index (κ1) is 20.0. The molecular formula is C17H18BrN3O4S2. The SMILES string of the molecule is O=C(NCC(=O)N1CCN(S(=O)(=O)c2ccc(Br)cc2)CC1)c1cccs1. The Balaban J connectivity index is 1.53. The first-order valence-corrected chi connectivity index (χ1v) is 11.3. The van der Waals surface area contributed by atoms with E-state index < -0.39 is 10.0 Å². The van der Waals surface area contributed by atoms with E-state index in [1.165, 1.54) is 15.6 Å². The monoisotopic (exact) mass is 471 g/mol. The average molecular weight is 472 g/mol. The normalized spacial score (nSPS) is 15.5. The van der Waals surface area contributed by atoms with Crippen LogP contribution in [0.2, 0.25) is 0 Å². The summed E-state index contributed by atoms with van der Waals surface area (Å²) in [6, 6.07) is 9.93. The van der Waals surface area contributed by atoms with E-state index in [2.05, 4.69) is 21.2 Å². The van der Waals surface area contributed by atoms with Crippen LogP contribution in [0.15, 0.2) is 51.1 Å². The molecule has 1 N–H and O–H groups in total. The van der Waals surface area contributed by atoms with Crippen LogP contribution in [0.3, 0.4) is 0 Å². The lowest BCUT2D eigenvalue weighted by atomic mass is 10.3. The van der Waals surface area contributed by atoms with Crippen LogP contribution >= 0.6 is 27.3 Å². The van der Waals surface area contributed by atoms with Gasteiger partial charge in [0.1, 0.15) is 0 Å². The summed E-state index contributed by atoms with van der Waals surface area (Å²) in [6.07, 6.45) is 0. The molecule has 0 aliphatic carbocycles. The third kappa shape index (κ3) is 4.75. The van der Waals surface area contributed by atoms with Gasteiger partial charge in [-0.15, -0.1) is 11.3 Å². The highest BCUT2D eigenvalue weighted by Gasteiger charge is 2.30. The van der Waals surface area contributed by atoms with Crippen molar-refractivity contribution in [3.8, 4) is 0 Å². The first-order chi connectivity index (χ1) is 12.9.